The maximum absolute atomic E-state index is 12.4. The summed E-state index contributed by atoms with van der Waals surface area (Å²) >= 11 is 0. The van der Waals surface area contributed by atoms with Crippen LogP contribution in [0.2, 0.25) is 0 Å². The topological polar surface area (TPSA) is 51.5 Å². The summed E-state index contributed by atoms with van der Waals surface area (Å²) < 4.78 is 7.59. The Morgan fingerprint density at radius 1 is 1.17 bits per heavy atom. The molecule has 0 bridgehead atoms. The SMILES string of the molecule is Cc1cc(OC2CCN(C(=O)CC3CCCC3)CC2)cc(=O)n1C. The van der Waals surface area contributed by atoms with E-state index in [-0.39, 0.29) is 11.7 Å². The lowest BCUT2D eigenvalue weighted by molar-refractivity contribution is -0.133. The van der Waals surface area contributed by atoms with Crippen LogP contribution in [0.5, 0.6) is 5.75 Å². The smallest absolute Gasteiger partial charge is 0.254 e. The van der Waals surface area contributed by atoms with Crippen LogP contribution < -0.4 is 10.3 Å². The molecule has 3 rings (SSSR count). The molecule has 0 aromatic carbocycles. The molecule has 1 saturated heterocycles. The lowest BCUT2D eigenvalue weighted by atomic mass is 10.0. The number of carbonyl (C=O) groups excluding carboxylic acids is 1. The molecule has 1 saturated carbocycles. The Morgan fingerprint density at radius 3 is 2.46 bits per heavy atom. The van der Waals surface area contributed by atoms with Gasteiger partial charge >= 0.3 is 0 Å². The van der Waals surface area contributed by atoms with E-state index in [9.17, 15) is 9.59 Å². The molecule has 1 aliphatic carbocycles. The first kappa shape index (κ1) is 17.1. The van der Waals surface area contributed by atoms with Gasteiger partial charge in [0.1, 0.15) is 11.9 Å². The molecule has 2 aliphatic rings. The van der Waals surface area contributed by atoms with Crippen molar-refractivity contribution in [1.82, 2.24) is 9.47 Å². The summed E-state index contributed by atoms with van der Waals surface area (Å²) in [6, 6.07) is 3.45. The van der Waals surface area contributed by atoms with Crippen LogP contribution in [0.1, 0.15) is 50.6 Å². The Hall–Kier alpha value is -1.78. The van der Waals surface area contributed by atoms with Crippen molar-refractivity contribution in [2.75, 3.05) is 13.1 Å². The Balaban J connectivity index is 1.50. The molecular formula is C19H28N2O3. The third kappa shape index (κ3) is 4.00. The molecule has 0 unspecified atom stereocenters. The van der Waals surface area contributed by atoms with E-state index in [4.69, 9.17) is 4.74 Å². The highest BCUT2D eigenvalue weighted by Gasteiger charge is 2.26. The number of piperidine rings is 1. The quantitative estimate of drug-likeness (QED) is 0.852. The van der Waals surface area contributed by atoms with Crippen molar-refractivity contribution in [3.8, 4) is 5.75 Å². The lowest BCUT2D eigenvalue weighted by Gasteiger charge is -2.33. The molecule has 1 amide bonds. The van der Waals surface area contributed by atoms with Crippen LogP contribution in [0.15, 0.2) is 16.9 Å². The van der Waals surface area contributed by atoms with Crippen LogP contribution in [-0.4, -0.2) is 34.6 Å². The zero-order valence-corrected chi connectivity index (χ0v) is 14.8. The fourth-order valence-electron chi connectivity index (χ4n) is 3.81. The van der Waals surface area contributed by atoms with Crippen LogP contribution >= 0.6 is 0 Å². The summed E-state index contributed by atoms with van der Waals surface area (Å²) in [6.45, 7) is 3.43. The van der Waals surface area contributed by atoms with E-state index in [1.807, 2.05) is 17.9 Å². The van der Waals surface area contributed by atoms with Crippen molar-refractivity contribution in [3.05, 3.63) is 28.2 Å². The van der Waals surface area contributed by atoms with Gasteiger partial charge in [-0.2, -0.15) is 0 Å². The maximum Gasteiger partial charge on any atom is 0.254 e. The van der Waals surface area contributed by atoms with Crippen LogP contribution in [0.4, 0.5) is 0 Å². The number of hydrogen-bond donors (Lipinski definition) is 0. The van der Waals surface area contributed by atoms with Crippen LogP contribution in [-0.2, 0) is 11.8 Å². The van der Waals surface area contributed by atoms with Gasteiger partial charge in [-0.1, -0.05) is 12.8 Å². The third-order valence-corrected chi connectivity index (χ3v) is 5.51. The number of carbonyl (C=O) groups is 1. The number of rotatable bonds is 4. The second-order valence-corrected chi connectivity index (χ2v) is 7.28. The summed E-state index contributed by atoms with van der Waals surface area (Å²) in [4.78, 5) is 26.2. The van der Waals surface area contributed by atoms with Crippen LogP contribution in [0.3, 0.4) is 0 Å². The number of nitrogens with zero attached hydrogens (tertiary/aromatic N) is 2. The van der Waals surface area contributed by atoms with E-state index in [2.05, 4.69) is 0 Å². The number of ether oxygens (including phenoxy) is 1. The van der Waals surface area contributed by atoms with Gasteiger partial charge in [0, 0.05) is 51.2 Å². The number of amides is 1. The largest absolute Gasteiger partial charge is 0.490 e. The van der Waals surface area contributed by atoms with Gasteiger partial charge in [-0.05, 0) is 31.7 Å². The summed E-state index contributed by atoms with van der Waals surface area (Å²) in [5.74, 6) is 1.56. The zero-order chi connectivity index (χ0) is 17.1. The Labute approximate surface area is 143 Å². The molecule has 0 atom stereocenters. The molecule has 1 aliphatic heterocycles. The number of hydrogen-bond acceptors (Lipinski definition) is 3. The van der Waals surface area contributed by atoms with Gasteiger partial charge in [-0.15, -0.1) is 0 Å². The minimum absolute atomic E-state index is 0.0471. The van der Waals surface area contributed by atoms with Crippen molar-refractivity contribution in [3.63, 3.8) is 0 Å². The number of aryl methyl sites for hydroxylation is 1. The first-order valence-corrected chi connectivity index (χ1v) is 9.15. The van der Waals surface area contributed by atoms with Gasteiger partial charge < -0.3 is 14.2 Å². The van der Waals surface area contributed by atoms with Gasteiger partial charge in [0.25, 0.3) is 5.56 Å². The second-order valence-electron chi connectivity index (χ2n) is 7.28. The van der Waals surface area contributed by atoms with Gasteiger partial charge in [-0.3, -0.25) is 9.59 Å². The number of pyridine rings is 1. The van der Waals surface area contributed by atoms with E-state index >= 15 is 0 Å². The summed E-state index contributed by atoms with van der Waals surface area (Å²) in [7, 11) is 1.76. The van der Waals surface area contributed by atoms with Crippen LogP contribution in [0, 0.1) is 12.8 Å². The third-order valence-electron chi connectivity index (χ3n) is 5.51. The molecule has 1 aromatic rings. The van der Waals surface area contributed by atoms with Crippen molar-refractivity contribution >= 4 is 5.91 Å². The Morgan fingerprint density at radius 2 is 1.83 bits per heavy atom. The average Bonchev–Trinajstić information content (AvgIpc) is 3.06. The van der Waals surface area contributed by atoms with E-state index in [0.29, 0.717) is 17.6 Å². The standard InChI is InChI=1S/C19H28N2O3/c1-14-11-17(13-18(22)20(14)2)24-16-7-9-21(10-8-16)19(23)12-15-5-3-4-6-15/h11,13,15-16H,3-10,12H2,1-2H3. The lowest BCUT2D eigenvalue weighted by Crippen LogP contribution is -2.42. The van der Waals surface area contributed by atoms with Crippen molar-refractivity contribution in [1.29, 1.82) is 0 Å². The molecule has 0 spiro atoms. The average molecular weight is 332 g/mol. The molecule has 24 heavy (non-hydrogen) atoms. The summed E-state index contributed by atoms with van der Waals surface area (Å²) in [6.07, 6.45) is 7.48. The highest BCUT2D eigenvalue weighted by atomic mass is 16.5. The highest BCUT2D eigenvalue weighted by Crippen LogP contribution is 2.28. The van der Waals surface area contributed by atoms with Crippen LogP contribution in [0.25, 0.3) is 0 Å². The molecule has 0 N–H and O–H groups in total. The molecule has 5 nitrogen and oxygen atoms in total. The highest BCUT2D eigenvalue weighted by molar-refractivity contribution is 5.76. The van der Waals surface area contributed by atoms with E-state index in [1.165, 1.54) is 25.7 Å². The van der Waals surface area contributed by atoms with E-state index in [1.54, 1.807) is 17.7 Å². The predicted molar refractivity (Wildman–Crippen MR) is 93.2 cm³/mol. The van der Waals surface area contributed by atoms with Crippen molar-refractivity contribution in [2.45, 2.75) is 58.0 Å². The first-order chi connectivity index (χ1) is 11.5. The molecule has 2 heterocycles. The molecule has 2 fully saturated rings. The maximum atomic E-state index is 12.4. The predicted octanol–water partition coefficient (Wildman–Crippen LogP) is 2.64. The molecule has 5 heteroatoms. The van der Waals surface area contributed by atoms with Crippen molar-refractivity contribution < 1.29 is 9.53 Å². The van der Waals surface area contributed by atoms with Gasteiger partial charge in [0.2, 0.25) is 5.91 Å². The fourth-order valence-corrected chi connectivity index (χ4v) is 3.81. The van der Waals surface area contributed by atoms with Gasteiger partial charge in [0.05, 0.1) is 0 Å². The van der Waals surface area contributed by atoms with Gasteiger partial charge in [-0.25, -0.2) is 0 Å². The second kappa shape index (κ2) is 7.41. The first-order valence-electron chi connectivity index (χ1n) is 9.15. The zero-order valence-electron chi connectivity index (χ0n) is 14.8. The van der Waals surface area contributed by atoms with E-state index in [0.717, 1.165) is 38.0 Å². The molecule has 1 aromatic heterocycles. The molecule has 132 valence electrons. The Kier molecular flexibility index (Phi) is 5.27. The minimum Gasteiger partial charge on any atom is -0.490 e. The summed E-state index contributed by atoms with van der Waals surface area (Å²) in [5, 5.41) is 0. The fraction of sp³-hybridized carbons (Fsp3) is 0.684. The van der Waals surface area contributed by atoms with Crippen molar-refractivity contribution in [2.24, 2.45) is 13.0 Å². The van der Waals surface area contributed by atoms with Gasteiger partial charge in [0.15, 0.2) is 0 Å². The molecule has 0 radical (unpaired) electrons. The normalized spacial score (nSPS) is 19.7. The minimum atomic E-state index is -0.0471. The summed E-state index contributed by atoms with van der Waals surface area (Å²) in [5.41, 5.74) is 0.843. The number of aromatic nitrogens is 1. The molecular weight excluding hydrogens is 304 g/mol. The Bertz CT molecular complexity index is 639. The van der Waals surface area contributed by atoms with E-state index < -0.39 is 0 Å². The monoisotopic (exact) mass is 332 g/mol. The number of likely N-dealkylation sites (tertiary alicyclic amines) is 1.